The van der Waals surface area contributed by atoms with Gasteiger partial charge >= 0.3 is 0 Å². The quantitative estimate of drug-likeness (QED) is 0.297. The second kappa shape index (κ2) is 6.86. The van der Waals surface area contributed by atoms with Crippen molar-refractivity contribution in [2.24, 2.45) is 0 Å². The molecule has 134 valence electrons. The van der Waals surface area contributed by atoms with Gasteiger partial charge in [-0.25, -0.2) is 0 Å². The van der Waals surface area contributed by atoms with Crippen molar-refractivity contribution in [1.29, 1.82) is 0 Å². The zero-order valence-corrected chi connectivity index (χ0v) is 15.8. The number of hydrogen-bond acceptors (Lipinski definition) is 1. The van der Waals surface area contributed by atoms with Crippen LogP contribution in [0.1, 0.15) is 5.56 Å². The monoisotopic (exact) mass is 359 g/mol. The third kappa shape index (κ3) is 2.82. The maximum Gasteiger partial charge on any atom is 0.0540 e. The van der Waals surface area contributed by atoms with Gasteiger partial charge in [-0.3, -0.25) is 0 Å². The summed E-state index contributed by atoms with van der Waals surface area (Å²) in [4.78, 5) is 2.34. The number of fused-ring (bicyclic) bond motifs is 3. The molecule has 0 atom stereocenters. The molecule has 0 radical (unpaired) electrons. The molecule has 0 aliphatic carbocycles. The van der Waals surface area contributed by atoms with Gasteiger partial charge in [-0.15, -0.1) is 0 Å². The molecule has 0 aliphatic heterocycles. The summed E-state index contributed by atoms with van der Waals surface area (Å²) >= 11 is 0. The highest BCUT2D eigenvalue weighted by Crippen LogP contribution is 2.40. The Morgan fingerprint density at radius 2 is 1.14 bits per heavy atom. The zero-order chi connectivity index (χ0) is 18.9. The fraction of sp³-hybridized carbons (Fsp3) is 0.0370. The molecule has 0 aliphatic rings. The first-order chi connectivity index (χ1) is 13.8. The summed E-state index contributed by atoms with van der Waals surface area (Å²) in [7, 11) is 0. The summed E-state index contributed by atoms with van der Waals surface area (Å²) in [6.45, 7) is 2.13. The highest BCUT2D eigenvalue weighted by atomic mass is 15.1. The molecule has 0 saturated heterocycles. The largest absolute Gasteiger partial charge is 0.310 e. The Morgan fingerprint density at radius 1 is 0.464 bits per heavy atom. The number of anilines is 3. The third-order valence-corrected chi connectivity index (χ3v) is 5.31. The average molecular weight is 359 g/mol. The van der Waals surface area contributed by atoms with E-state index in [0.29, 0.717) is 0 Å². The SMILES string of the molecule is Cc1ccc(N(c2ccccc2)c2cccc3c2ccc2ccccc23)cc1. The minimum absolute atomic E-state index is 1.16. The third-order valence-electron chi connectivity index (χ3n) is 5.31. The van der Waals surface area contributed by atoms with Crippen molar-refractivity contribution in [2.45, 2.75) is 6.92 Å². The van der Waals surface area contributed by atoms with Crippen LogP contribution < -0.4 is 4.90 Å². The van der Waals surface area contributed by atoms with Crippen LogP contribution in [-0.4, -0.2) is 0 Å². The van der Waals surface area contributed by atoms with Gasteiger partial charge in [0.25, 0.3) is 0 Å². The van der Waals surface area contributed by atoms with Crippen molar-refractivity contribution >= 4 is 38.6 Å². The summed E-state index contributed by atoms with van der Waals surface area (Å²) in [5.41, 5.74) is 4.78. The lowest BCUT2D eigenvalue weighted by molar-refractivity contribution is 1.29. The maximum absolute atomic E-state index is 2.34. The van der Waals surface area contributed by atoms with E-state index >= 15 is 0 Å². The molecule has 0 bridgehead atoms. The zero-order valence-electron chi connectivity index (χ0n) is 15.8. The van der Waals surface area contributed by atoms with Gasteiger partial charge in [0.15, 0.2) is 0 Å². The van der Waals surface area contributed by atoms with E-state index in [-0.39, 0.29) is 0 Å². The minimum Gasteiger partial charge on any atom is -0.310 e. The second-order valence-corrected chi connectivity index (χ2v) is 7.17. The van der Waals surface area contributed by atoms with E-state index in [1.807, 2.05) is 0 Å². The number of aryl methyl sites for hydroxylation is 1. The second-order valence-electron chi connectivity index (χ2n) is 7.17. The van der Waals surface area contributed by atoms with Crippen LogP contribution >= 0.6 is 0 Å². The van der Waals surface area contributed by atoms with Gasteiger partial charge in [0.05, 0.1) is 5.69 Å². The lowest BCUT2D eigenvalue weighted by Crippen LogP contribution is -2.10. The Hall–Kier alpha value is -3.58. The number of rotatable bonds is 3. The Bertz CT molecular complexity index is 1250. The lowest BCUT2D eigenvalue weighted by Gasteiger charge is -2.27. The summed E-state index contributed by atoms with van der Waals surface area (Å²) in [5, 5.41) is 5.10. The fourth-order valence-corrected chi connectivity index (χ4v) is 3.92. The van der Waals surface area contributed by atoms with Gasteiger partial charge in [-0.1, -0.05) is 84.4 Å². The van der Waals surface area contributed by atoms with E-state index in [2.05, 4.69) is 121 Å². The number of nitrogens with zero attached hydrogens (tertiary/aromatic N) is 1. The van der Waals surface area contributed by atoms with Crippen LogP contribution in [0.3, 0.4) is 0 Å². The molecule has 1 heteroatoms. The fourth-order valence-electron chi connectivity index (χ4n) is 3.92. The van der Waals surface area contributed by atoms with E-state index in [1.54, 1.807) is 0 Å². The van der Waals surface area contributed by atoms with Gasteiger partial charge < -0.3 is 4.90 Å². The van der Waals surface area contributed by atoms with Crippen molar-refractivity contribution in [2.75, 3.05) is 4.90 Å². The molecule has 1 nitrogen and oxygen atoms in total. The Balaban J connectivity index is 1.81. The molecule has 5 rings (SSSR count). The van der Waals surface area contributed by atoms with Crippen molar-refractivity contribution in [3.8, 4) is 0 Å². The molecule has 0 saturated carbocycles. The number of hydrogen-bond donors (Lipinski definition) is 0. The molecular weight excluding hydrogens is 338 g/mol. The minimum atomic E-state index is 1.16. The molecule has 0 aromatic heterocycles. The van der Waals surface area contributed by atoms with E-state index in [1.165, 1.54) is 32.8 Å². The van der Waals surface area contributed by atoms with Crippen LogP contribution in [0.4, 0.5) is 17.1 Å². The summed E-state index contributed by atoms with van der Waals surface area (Å²) in [6.07, 6.45) is 0. The molecule has 5 aromatic rings. The van der Waals surface area contributed by atoms with Gasteiger partial charge in [-0.05, 0) is 53.4 Å². The topological polar surface area (TPSA) is 3.24 Å². The van der Waals surface area contributed by atoms with E-state index < -0.39 is 0 Å². The smallest absolute Gasteiger partial charge is 0.0540 e. The molecule has 0 heterocycles. The molecular formula is C27H21N. The van der Waals surface area contributed by atoms with E-state index in [0.717, 1.165) is 11.4 Å². The first-order valence-electron chi connectivity index (χ1n) is 9.63. The molecule has 0 spiro atoms. The Morgan fingerprint density at radius 3 is 1.96 bits per heavy atom. The molecule has 0 amide bonds. The molecule has 0 fully saturated rings. The summed E-state index contributed by atoms with van der Waals surface area (Å²) in [5.74, 6) is 0. The average Bonchev–Trinajstić information content (AvgIpc) is 2.76. The van der Waals surface area contributed by atoms with Gasteiger partial charge in [0.2, 0.25) is 0 Å². The van der Waals surface area contributed by atoms with Crippen LogP contribution in [-0.2, 0) is 0 Å². The first-order valence-corrected chi connectivity index (χ1v) is 9.63. The molecule has 5 aromatic carbocycles. The van der Waals surface area contributed by atoms with E-state index in [4.69, 9.17) is 0 Å². The van der Waals surface area contributed by atoms with Gasteiger partial charge in [0, 0.05) is 16.8 Å². The molecule has 0 unspecified atom stereocenters. The van der Waals surface area contributed by atoms with Crippen molar-refractivity contribution in [3.05, 3.63) is 115 Å². The van der Waals surface area contributed by atoms with Gasteiger partial charge in [0.1, 0.15) is 0 Å². The van der Waals surface area contributed by atoms with Crippen LogP contribution in [0.25, 0.3) is 21.5 Å². The summed E-state index contributed by atoms with van der Waals surface area (Å²) < 4.78 is 0. The Kier molecular flexibility index (Phi) is 4.06. The van der Waals surface area contributed by atoms with Crippen molar-refractivity contribution in [3.63, 3.8) is 0 Å². The highest BCUT2D eigenvalue weighted by Gasteiger charge is 2.15. The van der Waals surface area contributed by atoms with E-state index in [9.17, 15) is 0 Å². The van der Waals surface area contributed by atoms with Crippen LogP contribution in [0.5, 0.6) is 0 Å². The number of benzene rings is 5. The normalized spacial score (nSPS) is 11.0. The van der Waals surface area contributed by atoms with Crippen LogP contribution in [0.2, 0.25) is 0 Å². The number of para-hydroxylation sites is 1. The maximum atomic E-state index is 2.34. The molecule has 0 N–H and O–H groups in total. The van der Waals surface area contributed by atoms with Crippen molar-refractivity contribution in [1.82, 2.24) is 0 Å². The Labute approximate surface area is 165 Å². The highest BCUT2D eigenvalue weighted by molar-refractivity contribution is 6.12. The van der Waals surface area contributed by atoms with Crippen LogP contribution in [0, 0.1) is 6.92 Å². The van der Waals surface area contributed by atoms with Gasteiger partial charge in [-0.2, -0.15) is 0 Å². The van der Waals surface area contributed by atoms with Crippen LogP contribution in [0.15, 0.2) is 109 Å². The first kappa shape index (κ1) is 16.6. The molecule has 28 heavy (non-hydrogen) atoms. The predicted octanol–water partition coefficient (Wildman–Crippen LogP) is 7.77. The van der Waals surface area contributed by atoms with Crippen molar-refractivity contribution < 1.29 is 0 Å². The predicted molar refractivity (Wildman–Crippen MR) is 121 cm³/mol. The summed E-state index contributed by atoms with van der Waals surface area (Å²) in [6, 6.07) is 39.0. The lowest BCUT2D eigenvalue weighted by atomic mass is 10.00. The standard InChI is InChI=1S/C27H21N/c1-20-14-17-23(18-15-20)28(22-9-3-2-4-10-22)27-13-7-12-25-24-11-6-5-8-21(24)16-19-26(25)27/h2-19H,1H3.